The van der Waals surface area contributed by atoms with Gasteiger partial charge >= 0.3 is 12.1 Å². The van der Waals surface area contributed by atoms with E-state index in [1.54, 1.807) is 6.92 Å². The van der Waals surface area contributed by atoms with Gasteiger partial charge in [-0.15, -0.1) is 0 Å². The van der Waals surface area contributed by atoms with Crippen LogP contribution in [0, 0.1) is 0 Å². The molecule has 0 aliphatic heterocycles. The molecule has 0 atom stereocenters. The van der Waals surface area contributed by atoms with Gasteiger partial charge < -0.3 is 4.74 Å². The minimum Gasteiger partial charge on any atom is -0.432 e. The summed E-state index contributed by atoms with van der Waals surface area (Å²) < 4.78 is 4.26. The lowest BCUT2D eigenvalue weighted by atomic mass is 10.0. The predicted molar refractivity (Wildman–Crippen MR) is 90.7 cm³/mol. The molecule has 25 heavy (non-hydrogen) atoms. The highest BCUT2D eigenvalue weighted by Crippen LogP contribution is 2.08. The summed E-state index contributed by atoms with van der Waals surface area (Å²) in [5.41, 5.74) is 1.47. The highest BCUT2D eigenvalue weighted by atomic mass is 17.2. The van der Waals surface area contributed by atoms with Crippen LogP contribution in [0.5, 0.6) is 0 Å². The molecule has 0 spiro atoms. The lowest BCUT2D eigenvalue weighted by Gasteiger charge is -1.99. The monoisotopic (exact) mass is 342 g/mol. The smallest absolute Gasteiger partial charge is 0.432 e. The van der Waals surface area contributed by atoms with Gasteiger partial charge in [-0.1, -0.05) is 67.2 Å². The first-order valence-corrected chi connectivity index (χ1v) is 7.41. The molecule has 0 fully saturated rings. The molecule has 0 amide bonds. The van der Waals surface area contributed by atoms with E-state index >= 15 is 0 Å². The third-order valence-corrected chi connectivity index (χ3v) is 2.69. The Morgan fingerprint density at radius 3 is 1.76 bits per heavy atom. The van der Waals surface area contributed by atoms with Crippen molar-refractivity contribution < 1.29 is 28.9 Å². The Hall–Kier alpha value is -3.41. The summed E-state index contributed by atoms with van der Waals surface area (Å²) in [6, 6.07) is 18.6. The van der Waals surface area contributed by atoms with Gasteiger partial charge in [-0.25, -0.2) is 14.6 Å². The lowest BCUT2D eigenvalue weighted by Crippen LogP contribution is -2.10. The number of hydrogen-bond acceptors (Lipinski definition) is 6. The number of rotatable bonds is 4. The van der Waals surface area contributed by atoms with E-state index in [2.05, 4.69) is 21.1 Å². The fourth-order valence-electron chi connectivity index (χ4n) is 1.60. The molecular formula is C19H18O6. The first kappa shape index (κ1) is 19.6. The van der Waals surface area contributed by atoms with Gasteiger partial charge in [0.25, 0.3) is 0 Å². The van der Waals surface area contributed by atoms with E-state index in [0.29, 0.717) is 0 Å². The molecule has 0 heterocycles. The molecule has 0 aromatic heterocycles. The number of hydrogen-bond donors (Lipinski definition) is 0. The van der Waals surface area contributed by atoms with Gasteiger partial charge in [-0.05, 0) is 6.92 Å². The Kier molecular flexibility index (Phi) is 8.78. The van der Waals surface area contributed by atoms with Gasteiger partial charge in [0.2, 0.25) is 0 Å². The summed E-state index contributed by atoms with van der Waals surface area (Å²) in [6.45, 7) is 4.83. The molecule has 6 nitrogen and oxygen atoms in total. The molecule has 0 unspecified atom stereocenters. The van der Waals surface area contributed by atoms with Crippen molar-refractivity contribution in [1.82, 2.24) is 0 Å². The summed E-state index contributed by atoms with van der Waals surface area (Å²) in [7, 11) is 0. The van der Waals surface area contributed by atoms with Gasteiger partial charge in [0, 0.05) is 17.2 Å². The fraction of sp³-hybridized carbons (Fsp3) is 0.105. The van der Waals surface area contributed by atoms with Crippen LogP contribution in [0.3, 0.4) is 0 Å². The Morgan fingerprint density at radius 2 is 1.36 bits per heavy atom. The number of carbonyl (C=O) groups is 3. The van der Waals surface area contributed by atoms with Crippen LogP contribution < -0.4 is 0 Å². The summed E-state index contributed by atoms with van der Waals surface area (Å²) in [6.07, 6.45) is -0.193. The van der Waals surface area contributed by atoms with Crippen LogP contribution in [0.2, 0.25) is 0 Å². The number of ether oxygens (including phenoxy) is 1. The van der Waals surface area contributed by atoms with Crippen LogP contribution in [-0.4, -0.2) is 24.5 Å². The van der Waals surface area contributed by atoms with Gasteiger partial charge in [0.15, 0.2) is 5.78 Å². The van der Waals surface area contributed by atoms with Crippen molar-refractivity contribution in [3.05, 3.63) is 84.4 Å². The molecule has 2 aromatic rings. The lowest BCUT2D eigenvalue weighted by molar-refractivity contribution is -0.237. The van der Waals surface area contributed by atoms with Crippen molar-refractivity contribution in [3.8, 4) is 0 Å². The zero-order valence-corrected chi connectivity index (χ0v) is 13.7. The minimum absolute atomic E-state index is 0.0752. The van der Waals surface area contributed by atoms with Crippen LogP contribution in [-0.2, 0) is 19.3 Å². The van der Waals surface area contributed by atoms with Crippen LogP contribution in [0.25, 0.3) is 0 Å². The molecule has 2 aromatic carbocycles. The highest BCUT2D eigenvalue weighted by Gasteiger charge is 2.06. The Labute approximate surface area is 145 Å². The van der Waals surface area contributed by atoms with Gasteiger partial charge in [0.05, 0.1) is 6.61 Å². The average molecular weight is 342 g/mol. The molecule has 0 saturated carbocycles. The largest absolute Gasteiger partial charge is 0.549 e. The van der Waals surface area contributed by atoms with Crippen molar-refractivity contribution in [1.29, 1.82) is 0 Å². The maximum absolute atomic E-state index is 11.8. The third kappa shape index (κ3) is 7.60. The van der Waals surface area contributed by atoms with Gasteiger partial charge in [-0.2, -0.15) is 4.79 Å². The Bertz CT molecular complexity index is 653. The normalized spacial score (nSPS) is 9.00. The highest BCUT2D eigenvalue weighted by molar-refractivity contribution is 6.08. The van der Waals surface area contributed by atoms with Crippen LogP contribution in [0.4, 0.5) is 4.79 Å². The molecule has 0 bridgehead atoms. The summed E-state index contributed by atoms with van der Waals surface area (Å²) in [5, 5.41) is 0. The molecule has 0 aliphatic carbocycles. The van der Waals surface area contributed by atoms with Gasteiger partial charge in [0.1, 0.15) is 0 Å². The van der Waals surface area contributed by atoms with E-state index in [-0.39, 0.29) is 12.4 Å². The number of carbonyl (C=O) groups excluding carboxylic acids is 3. The van der Waals surface area contributed by atoms with Crippen LogP contribution >= 0.6 is 0 Å². The van der Waals surface area contributed by atoms with Crippen molar-refractivity contribution in [2.45, 2.75) is 6.92 Å². The van der Waals surface area contributed by atoms with E-state index in [1.807, 2.05) is 60.7 Å². The van der Waals surface area contributed by atoms with Gasteiger partial charge in [-0.3, -0.25) is 4.79 Å². The maximum atomic E-state index is 11.8. The zero-order valence-electron chi connectivity index (χ0n) is 13.7. The predicted octanol–water partition coefficient (Wildman–Crippen LogP) is 3.72. The standard InChI is InChI=1S/C13H10O.C6H8O5/c14-13(11-7-3-1-4-8-11)12-9-5-2-6-10-12;1-3-5(7)10-11-6(8)9-4-2/h1-10H;3H,1,4H2,2H3. The van der Waals surface area contributed by atoms with Crippen LogP contribution in [0.15, 0.2) is 73.3 Å². The first-order chi connectivity index (χ1) is 12.1. The molecule has 2 rings (SSSR count). The van der Waals surface area contributed by atoms with E-state index < -0.39 is 12.1 Å². The van der Waals surface area contributed by atoms with Crippen molar-refractivity contribution >= 4 is 17.9 Å². The van der Waals surface area contributed by atoms with E-state index in [1.165, 1.54) is 0 Å². The maximum Gasteiger partial charge on any atom is 0.549 e. The molecule has 0 saturated heterocycles. The fourth-order valence-corrected chi connectivity index (χ4v) is 1.60. The molecule has 0 aliphatic rings. The van der Waals surface area contributed by atoms with Crippen molar-refractivity contribution in [3.63, 3.8) is 0 Å². The Balaban J connectivity index is 0.000000260. The second-order valence-electron chi connectivity index (χ2n) is 4.43. The quantitative estimate of drug-likeness (QED) is 0.277. The summed E-state index contributed by atoms with van der Waals surface area (Å²) >= 11 is 0. The topological polar surface area (TPSA) is 78.9 Å². The molecule has 6 heteroatoms. The van der Waals surface area contributed by atoms with Crippen molar-refractivity contribution in [2.75, 3.05) is 6.61 Å². The SMILES string of the molecule is C=CC(=O)OOC(=O)OCC.O=C(c1ccccc1)c1ccccc1. The summed E-state index contributed by atoms with van der Waals surface area (Å²) in [5.74, 6) is -0.774. The van der Waals surface area contributed by atoms with E-state index in [9.17, 15) is 14.4 Å². The minimum atomic E-state index is -1.05. The first-order valence-electron chi connectivity index (χ1n) is 7.41. The second kappa shape index (κ2) is 11.2. The van der Waals surface area contributed by atoms with E-state index in [0.717, 1.165) is 17.2 Å². The molecule has 130 valence electrons. The molecular weight excluding hydrogens is 324 g/mol. The molecule has 0 radical (unpaired) electrons. The third-order valence-electron chi connectivity index (χ3n) is 2.69. The Morgan fingerprint density at radius 1 is 0.880 bits per heavy atom. The number of ketones is 1. The van der Waals surface area contributed by atoms with Crippen LogP contribution in [0.1, 0.15) is 22.8 Å². The second-order valence-corrected chi connectivity index (χ2v) is 4.43. The average Bonchev–Trinajstić information content (AvgIpc) is 2.67. The van der Waals surface area contributed by atoms with E-state index in [4.69, 9.17) is 0 Å². The molecule has 0 N–H and O–H groups in total. The zero-order chi connectivity index (χ0) is 18.5. The summed E-state index contributed by atoms with van der Waals surface area (Å²) in [4.78, 5) is 40.1. The number of benzene rings is 2. The van der Waals surface area contributed by atoms with Crippen molar-refractivity contribution in [2.24, 2.45) is 0 Å².